The SMILES string of the molecule is CCN1C(=O)N/C(=C/c2cc(I)c(OCc3ccc(C(=O)O)cc3)c(OC)c2)C1=O. The van der Waals surface area contributed by atoms with Gasteiger partial charge < -0.3 is 19.9 Å². The van der Waals surface area contributed by atoms with Crippen LogP contribution in [0, 0.1) is 3.57 Å². The van der Waals surface area contributed by atoms with E-state index in [4.69, 9.17) is 14.6 Å². The summed E-state index contributed by atoms with van der Waals surface area (Å²) in [4.78, 5) is 36.2. The number of nitrogens with zero attached hydrogens (tertiary/aromatic N) is 1. The van der Waals surface area contributed by atoms with Gasteiger partial charge in [-0.05, 0) is 71.0 Å². The van der Waals surface area contributed by atoms with Crippen molar-refractivity contribution < 1.29 is 29.0 Å². The zero-order valence-electron chi connectivity index (χ0n) is 16.3. The Morgan fingerprint density at radius 3 is 2.50 bits per heavy atom. The van der Waals surface area contributed by atoms with Crippen molar-refractivity contribution in [2.45, 2.75) is 13.5 Å². The number of carboxylic acids is 1. The summed E-state index contributed by atoms with van der Waals surface area (Å²) >= 11 is 2.10. The molecule has 0 spiro atoms. The summed E-state index contributed by atoms with van der Waals surface area (Å²) in [6.07, 6.45) is 1.59. The Balaban J connectivity index is 1.81. The lowest BCUT2D eigenvalue weighted by Crippen LogP contribution is -2.30. The van der Waals surface area contributed by atoms with Gasteiger partial charge in [0.15, 0.2) is 11.5 Å². The lowest BCUT2D eigenvalue weighted by Gasteiger charge is -2.14. The number of aromatic carboxylic acids is 1. The molecule has 0 bridgehead atoms. The number of likely N-dealkylation sites (N-methyl/N-ethyl adjacent to an activating group) is 1. The summed E-state index contributed by atoms with van der Waals surface area (Å²) in [6, 6.07) is 9.50. The lowest BCUT2D eigenvalue weighted by atomic mass is 10.1. The Morgan fingerprint density at radius 1 is 1.23 bits per heavy atom. The van der Waals surface area contributed by atoms with Crippen LogP contribution >= 0.6 is 22.6 Å². The molecule has 0 radical (unpaired) electrons. The molecule has 2 aromatic carbocycles. The van der Waals surface area contributed by atoms with E-state index in [0.29, 0.717) is 23.6 Å². The average Bonchev–Trinajstić information content (AvgIpc) is 2.99. The Hall–Kier alpha value is -3.08. The molecule has 0 atom stereocenters. The summed E-state index contributed by atoms with van der Waals surface area (Å²) in [6.45, 7) is 2.25. The lowest BCUT2D eigenvalue weighted by molar-refractivity contribution is -0.122. The highest BCUT2D eigenvalue weighted by Crippen LogP contribution is 2.35. The number of hydrogen-bond donors (Lipinski definition) is 2. The number of nitrogens with one attached hydrogen (secondary N) is 1. The Bertz CT molecular complexity index is 1030. The van der Waals surface area contributed by atoms with E-state index in [0.717, 1.165) is 14.0 Å². The average molecular weight is 522 g/mol. The van der Waals surface area contributed by atoms with Crippen LogP contribution in [0.3, 0.4) is 0 Å². The van der Waals surface area contributed by atoms with Crippen molar-refractivity contribution in [3.05, 3.63) is 62.4 Å². The van der Waals surface area contributed by atoms with Gasteiger partial charge in [0.1, 0.15) is 12.3 Å². The highest BCUT2D eigenvalue weighted by Gasteiger charge is 2.32. The number of carbonyl (C=O) groups is 3. The second kappa shape index (κ2) is 9.16. The van der Waals surface area contributed by atoms with Crippen molar-refractivity contribution >= 4 is 46.6 Å². The van der Waals surface area contributed by atoms with Gasteiger partial charge in [-0.15, -0.1) is 0 Å². The fourth-order valence-electron chi connectivity index (χ4n) is 2.89. The van der Waals surface area contributed by atoms with Crippen LogP contribution in [-0.2, 0) is 11.4 Å². The summed E-state index contributed by atoms with van der Waals surface area (Å²) in [7, 11) is 1.51. The summed E-state index contributed by atoms with van der Waals surface area (Å²) in [5, 5.41) is 11.5. The molecule has 30 heavy (non-hydrogen) atoms. The molecule has 9 heteroatoms. The molecular weight excluding hydrogens is 503 g/mol. The monoisotopic (exact) mass is 522 g/mol. The number of imide groups is 1. The van der Waals surface area contributed by atoms with Crippen molar-refractivity contribution in [1.29, 1.82) is 0 Å². The smallest absolute Gasteiger partial charge is 0.335 e. The van der Waals surface area contributed by atoms with E-state index in [-0.39, 0.29) is 23.8 Å². The molecule has 2 N–H and O–H groups in total. The molecule has 3 rings (SSSR count). The van der Waals surface area contributed by atoms with Crippen LogP contribution in [0.25, 0.3) is 6.08 Å². The number of methoxy groups -OCH3 is 1. The highest BCUT2D eigenvalue weighted by atomic mass is 127. The molecule has 2 aromatic rings. The fourth-order valence-corrected chi connectivity index (χ4v) is 3.67. The van der Waals surface area contributed by atoms with Crippen LogP contribution < -0.4 is 14.8 Å². The number of benzene rings is 2. The number of rotatable bonds is 7. The molecule has 3 amide bonds. The standard InChI is InChI=1S/C21H19IN2O6/c1-3-24-19(25)16(23-21(24)28)9-13-8-15(22)18(17(10-13)29-2)30-11-12-4-6-14(7-5-12)20(26)27/h4-10H,3,11H2,1-2H3,(H,23,28)(H,26,27)/b16-9+. The molecule has 0 saturated carbocycles. The summed E-state index contributed by atoms with van der Waals surface area (Å²) < 4.78 is 12.1. The quantitative estimate of drug-likeness (QED) is 0.328. The van der Waals surface area contributed by atoms with Gasteiger partial charge in [-0.1, -0.05) is 12.1 Å². The first-order chi connectivity index (χ1) is 14.3. The van der Waals surface area contributed by atoms with E-state index in [2.05, 4.69) is 27.9 Å². The number of hydrogen-bond acceptors (Lipinski definition) is 5. The molecule has 1 aliphatic rings. The third kappa shape index (κ3) is 4.56. The second-order valence-corrected chi connectivity index (χ2v) is 7.52. The van der Waals surface area contributed by atoms with Crippen LogP contribution in [0.4, 0.5) is 4.79 Å². The van der Waals surface area contributed by atoms with E-state index >= 15 is 0 Å². The van der Waals surface area contributed by atoms with Gasteiger partial charge >= 0.3 is 12.0 Å². The van der Waals surface area contributed by atoms with E-state index in [9.17, 15) is 14.4 Å². The van der Waals surface area contributed by atoms with Crippen LogP contribution in [0.2, 0.25) is 0 Å². The van der Waals surface area contributed by atoms with E-state index in [1.54, 1.807) is 31.2 Å². The normalized spacial score (nSPS) is 14.8. The van der Waals surface area contributed by atoms with Gasteiger partial charge in [0.25, 0.3) is 5.91 Å². The number of carboxylic acid groups (broad SMARTS) is 1. The first-order valence-electron chi connectivity index (χ1n) is 9.01. The molecule has 1 fully saturated rings. The van der Waals surface area contributed by atoms with Crippen molar-refractivity contribution in [1.82, 2.24) is 10.2 Å². The van der Waals surface area contributed by atoms with Crippen LogP contribution in [0.5, 0.6) is 11.5 Å². The first kappa shape index (κ1) is 21.6. The first-order valence-corrected chi connectivity index (χ1v) is 10.1. The third-order valence-corrected chi connectivity index (χ3v) is 5.23. The molecule has 1 saturated heterocycles. The molecule has 1 heterocycles. The van der Waals surface area contributed by atoms with Crippen molar-refractivity contribution in [2.75, 3.05) is 13.7 Å². The second-order valence-electron chi connectivity index (χ2n) is 6.36. The van der Waals surface area contributed by atoms with E-state index in [1.165, 1.54) is 19.2 Å². The minimum atomic E-state index is -0.984. The van der Waals surface area contributed by atoms with Crippen LogP contribution in [0.15, 0.2) is 42.1 Å². The van der Waals surface area contributed by atoms with Gasteiger partial charge in [-0.3, -0.25) is 9.69 Å². The van der Waals surface area contributed by atoms with Gasteiger partial charge in [0, 0.05) is 6.54 Å². The molecule has 8 nitrogen and oxygen atoms in total. The zero-order valence-corrected chi connectivity index (χ0v) is 18.4. The van der Waals surface area contributed by atoms with Crippen molar-refractivity contribution in [3.8, 4) is 11.5 Å². The fraction of sp³-hybridized carbons (Fsp3) is 0.190. The summed E-state index contributed by atoms with van der Waals surface area (Å²) in [5.74, 6) is -0.358. The topological polar surface area (TPSA) is 105 Å². The maximum atomic E-state index is 12.3. The summed E-state index contributed by atoms with van der Waals surface area (Å²) in [5.41, 5.74) is 1.89. The Morgan fingerprint density at radius 2 is 1.93 bits per heavy atom. The predicted octanol–water partition coefficient (Wildman–Crippen LogP) is 3.49. The molecule has 0 aliphatic carbocycles. The van der Waals surface area contributed by atoms with Gasteiger partial charge in [0.05, 0.1) is 16.2 Å². The minimum Gasteiger partial charge on any atom is -0.493 e. The zero-order chi connectivity index (χ0) is 21.8. The molecule has 1 aliphatic heterocycles. The highest BCUT2D eigenvalue weighted by molar-refractivity contribution is 14.1. The maximum absolute atomic E-state index is 12.3. The predicted molar refractivity (Wildman–Crippen MR) is 117 cm³/mol. The number of halogens is 1. The van der Waals surface area contributed by atoms with E-state index < -0.39 is 12.0 Å². The van der Waals surface area contributed by atoms with Crippen molar-refractivity contribution in [2.24, 2.45) is 0 Å². The van der Waals surface area contributed by atoms with E-state index in [1.807, 2.05) is 6.07 Å². The molecular formula is C21H19IN2O6. The van der Waals surface area contributed by atoms with Gasteiger partial charge in [-0.25, -0.2) is 9.59 Å². The molecule has 156 valence electrons. The minimum absolute atomic E-state index is 0.201. The molecule has 0 aromatic heterocycles. The Labute approximate surface area is 186 Å². The Kier molecular flexibility index (Phi) is 6.60. The van der Waals surface area contributed by atoms with Crippen LogP contribution in [-0.4, -0.2) is 41.6 Å². The number of ether oxygens (including phenoxy) is 2. The number of urea groups is 1. The van der Waals surface area contributed by atoms with Gasteiger partial charge in [0.2, 0.25) is 0 Å². The maximum Gasteiger partial charge on any atom is 0.335 e. The van der Waals surface area contributed by atoms with Crippen molar-refractivity contribution in [3.63, 3.8) is 0 Å². The number of amides is 3. The number of carbonyl (C=O) groups excluding carboxylic acids is 2. The van der Waals surface area contributed by atoms with Crippen LogP contribution in [0.1, 0.15) is 28.4 Å². The molecule has 0 unspecified atom stereocenters. The van der Waals surface area contributed by atoms with Gasteiger partial charge in [-0.2, -0.15) is 0 Å². The third-order valence-electron chi connectivity index (χ3n) is 4.43. The largest absolute Gasteiger partial charge is 0.493 e.